The standard InChI is InChI=1S/C31H46N2O3/c1-5-6-7-8-9-10-11-12-13-14-15-16-17-18-19-20-21-22-23-24-29(35)32-27-31(3,4)33-30(36)26-25-28(2)34/h6-7,9-10,12-13,15-16,18-19,21-22,25-26H,5,8,11,14,17,20,23-24,27H2,1-4H3,(H,32,35)(H,33,36)/b7-6-,10-9-,13-12-,16-15-,19-18-,22-21-,26-25+. The molecule has 0 spiro atoms. The summed E-state index contributed by atoms with van der Waals surface area (Å²) in [6.07, 6.45) is 35.2. The molecule has 2 N–H and O–H groups in total. The van der Waals surface area contributed by atoms with E-state index in [1.807, 2.05) is 19.9 Å². The molecule has 0 fully saturated rings. The van der Waals surface area contributed by atoms with Gasteiger partial charge in [-0.1, -0.05) is 79.8 Å². The van der Waals surface area contributed by atoms with Crippen LogP contribution in [-0.2, 0) is 14.4 Å². The van der Waals surface area contributed by atoms with Crippen LogP contribution < -0.4 is 10.6 Å². The molecule has 0 saturated carbocycles. The van der Waals surface area contributed by atoms with Crippen molar-refractivity contribution in [3.05, 3.63) is 85.1 Å². The van der Waals surface area contributed by atoms with Crippen LogP contribution in [0.4, 0.5) is 0 Å². The molecule has 0 aromatic rings. The Labute approximate surface area is 218 Å². The Hall–Kier alpha value is -3.21. The first-order chi connectivity index (χ1) is 17.3. The topological polar surface area (TPSA) is 75.3 Å². The summed E-state index contributed by atoms with van der Waals surface area (Å²) in [4.78, 5) is 34.7. The van der Waals surface area contributed by atoms with Gasteiger partial charge in [-0.3, -0.25) is 14.4 Å². The van der Waals surface area contributed by atoms with Crippen molar-refractivity contribution >= 4 is 17.6 Å². The number of hydrogen-bond acceptors (Lipinski definition) is 3. The van der Waals surface area contributed by atoms with Gasteiger partial charge in [0.25, 0.3) is 0 Å². The minimum absolute atomic E-state index is 0.0591. The Morgan fingerprint density at radius 2 is 1.11 bits per heavy atom. The van der Waals surface area contributed by atoms with E-state index in [4.69, 9.17) is 0 Å². The number of allylic oxidation sites excluding steroid dienone is 13. The first-order valence-electron chi connectivity index (χ1n) is 12.9. The third-order valence-corrected chi connectivity index (χ3v) is 4.79. The third-order valence-electron chi connectivity index (χ3n) is 4.79. The summed E-state index contributed by atoms with van der Waals surface area (Å²) >= 11 is 0. The van der Waals surface area contributed by atoms with E-state index < -0.39 is 5.54 Å². The zero-order chi connectivity index (χ0) is 26.9. The average Bonchev–Trinajstić information content (AvgIpc) is 2.82. The molecule has 0 heterocycles. The van der Waals surface area contributed by atoms with Gasteiger partial charge in [0.2, 0.25) is 11.8 Å². The van der Waals surface area contributed by atoms with Crippen LogP contribution in [0.3, 0.4) is 0 Å². The lowest BCUT2D eigenvalue weighted by Crippen LogP contribution is -2.51. The monoisotopic (exact) mass is 494 g/mol. The van der Waals surface area contributed by atoms with E-state index in [2.05, 4.69) is 84.4 Å². The lowest BCUT2D eigenvalue weighted by Gasteiger charge is -2.26. The molecule has 2 amide bonds. The first kappa shape index (κ1) is 32.8. The van der Waals surface area contributed by atoms with E-state index in [0.29, 0.717) is 19.4 Å². The molecular formula is C31H46N2O3. The zero-order valence-electron chi connectivity index (χ0n) is 22.7. The van der Waals surface area contributed by atoms with Gasteiger partial charge in [0, 0.05) is 19.0 Å². The molecule has 0 aliphatic heterocycles. The molecule has 0 aliphatic carbocycles. The Kier molecular flexibility index (Phi) is 20.3. The van der Waals surface area contributed by atoms with Crippen LogP contribution in [0.5, 0.6) is 0 Å². The fraction of sp³-hybridized carbons (Fsp3) is 0.452. The van der Waals surface area contributed by atoms with Crippen molar-refractivity contribution in [2.75, 3.05) is 6.54 Å². The van der Waals surface area contributed by atoms with Crippen LogP contribution in [0.1, 0.15) is 79.1 Å². The van der Waals surface area contributed by atoms with Crippen molar-refractivity contribution in [3.63, 3.8) is 0 Å². The van der Waals surface area contributed by atoms with Gasteiger partial charge in [0.1, 0.15) is 0 Å². The quantitative estimate of drug-likeness (QED) is 0.156. The number of hydrogen-bond donors (Lipinski definition) is 2. The van der Waals surface area contributed by atoms with E-state index in [1.54, 1.807) is 0 Å². The highest BCUT2D eigenvalue weighted by Crippen LogP contribution is 2.02. The van der Waals surface area contributed by atoms with Gasteiger partial charge in [-0.05, 0) is 71.8 Å². The largest absolute Gasteiger partial charge is 0.354 e. The smallest absolute Gasteiger partial charge is 0.244 e. The van der Waals surface area contributed by atoms with Crippen LogP contribution in [0.15, 0.2) is 85.1 Å². The van der Waals surface area contributed by atoms with Crippen molar-refractivity contribution in [2.45, 2.75) is 84.6 Å². The predicted molar refractivity (Wildman–Crippen MR) is 153 cm³/mol. The first-order valence-corrected chi connectivity index (χ1v) is 12.9. The highest BCUT2D eigenvalue weighted by Gasteiger charge is 2.20. The van der Waals surface area contributed by atoms with Crippen LogP contribution in [0, 0.1) is 0 Å². The van der Waals surface area contributed by atoms with Gasteiger partial charge in [-0.25, -0.2) is 0 Å². The van der Waals surface area contributed by atoms with Crippen LogP contribution in [0.2, 0.25) is 0 Å². The molecule has 0 rings (SSSR count). The van der Waals surface area contributed by atoms with Crippen molar-refractivity contribution < 1.29 is 14.4 Å². The van der Waals surface area contributed by atoms with E-state index in [1.165, 1.54) is 19.1 Å². The predicted octanol–water partition coefficient (Wildman–Crippen LogP) is 6.62. The second-order valence-corrected chi connectivity index (χ2v) is 9.05. The SMILES string of the molecule is CC/C=C\C/C=C\C/C=C\C/C=C\C/C=C\C/C=C\CCC(=O)NCC(C)(C)NC(=O)/C=C/C(C)=O. The number of carbonyl (C=O) groups is 3. The van der Waals surface area contributed by atoms with Gasteiger partial charge in [-0.15, -0.1) is 0 Å². The molecule has 0 saturated heterocycles. The molecule has 0 bridgehead atoms. The minimum Gasteiger partial charge on any atom is -0.354 e. The minimum atomic E-state index is -0.609. The molecule has 198 valence electrons. The Morgan fingerprint density at radius 1 is 0.667 bits per heavy atom. The maximum absolute atomic E-state index is 12.0. The summed E-state index contributed by atoms with van der Waals surface area (Å²) in [5, 5.41) is 5.61. The Bertz CT molecular complexity index is 840. The van der Waals surface area contributed by atoms with Gasteiger partial charge in [-0.2, -0.15) is 0 Å². The molecule has 5 heteroatoms. The van der Waals surface area contributed by atoms with Crippen LogP contribution >= 0.6 is 0 Å². The third kappa shape index (κ3) is 23.9. The maximum atomic E-state index is 12.0. The highest BCUT2D eigenvalue weighted by molar-refractivity contribution is 5.96. The molecule has 0 aromatic heterocycles. The molecule has 0 aliphatic rings. The summed E-state index contributed by atoms with van der Waals surface area (Å²) in [5.74, 6) is -0.607. The fourth-order valence-corrected chi connectivity index (χ4v) is 2.87. The van der Waals surface area contributed by atoms with Crippen LogP contribution in [0.25, 0.3) is 0 Å². The normalized spacial score (nSPS) is 13.0. The van der Waals surface area contributed by atoms with Crippen molar-refractivity contribution in [1.29, 1.82) is 0 Å². The summed E-state index contributed by atoms with van der Waals surface area (Å²) in [6.45, 7) is 7.48. The fourth-order valence-electron chi connectivity index (χ4n) is 2.87. The lowest BCUT2D eigenvalue weighted by atomic mass is 10.1. The number of amides is 2. The van der Waals surface area contributed by atoms with E-state index >= 15 is 0 Å². The van der Waals surface area contributed by atoms with Gasteiger partial charge >= 0.3 is 0 Å². The summed E-state index contributed by atoms with van der Waals surface area (Å²) in [7, 11) is 0. The van der Waals surface area contributed by atoms with Crippen molar-refractivity contribution in [3.8, 4) is 0 Å². The highest BCUT2D eigenvalue weighted by atomic mass is 16.2. The van der Waals surface area contributed by atoms with Crippen molar-refractivity contribution in [1.82, 2.24) is 10.6 Å². The van der Waals surface area contributed by atoms with Gasteiger partial charge in [0.15, 0.2) is 5.78 Å². The second kappa shape index (κ2) is 22.3. The summed E-state index contributed by atoms with van der Waals surface area (Å²) < 4.78 is 0. The van der Waals surface area contributed by atoms with E-state index in [0.717, 1.165) is 38.5 Å². The molecule has 0 radical (unpaired) electrons. The number of rotatable bonds is 19. The number of nitrogens with one attached hydrogen (secondary N) is 2. The van der Waals surface area contributed by atoms with Crippen molar-refractivity contribution in [2.24, 2.45) is 0 Å². The molecule has 0 aromatic carbocycles. The molecular weight excluding hydrogens is 448 g/mol. The van der Waals surface area contributed by atoms with Crippen LogP contribution in [-0.4, -0.2) is 29.7 Å². The number of carbonyl (C=O) groups excluding carboxylic acids is 3. The molecule has 0 atom stereocenters. The maximum Gasteiger partial charge on any atom is 0.244 e. The lowest BCUT2D eigenvalue weighted by molar-refractivity contribution is -0.122. The average molecular weight is 495 g/mol. The van der Waals surface area contributed by atoms with Gasteiger partial charge in [0.05, 0.1) is 5.54 Å². The molecule has 36 heavy (non-hydrogen) atoms. The van der Waals surface area contributed by atoms with E-state index in [-0.39, 0.29) is 17.6 Å². The second-order valence-electron chi connectivity index (χ2n) is 9.05. The Morgan fingerprint density at radius 3 is 1.56 bits per heavy atom. The molecule has 0 unspecified atom stereocenters. The zero-order valence-corrected chi connectivity index (χ0v) is 22.7. The number of ketones is 1. The van der Waals surface area contributed by atoms with Gasteiger partial charge < -0.3 is 10.6 Å². The summed E-state index contributed by atoms with van der Waals surface area (Å²) in [6, 6.07) is 0. The Balaban J connectivity index is 3.86. The summed E-state index contributed by atoms with van der Waals surface area (Å²) in [5.41, 5.74) is -0.609. The molecule has 5 nitrogen and oxygen atoms in total. The van der Waals surface area contributed by atoms with E-state index in [9.17, 15) is 14.4 Å².